The Hall–Kier alpha value is -1.19. The van der Waals surface area contributed by atoms with E-state index in [4.69, 9.17) is 10.7 Å². The van der Waals surface area contributed by atoms with Gasteiger partial charge >= 0.3 is 0 Å². The third-order valence-corrected chi connectivity index (χ3v) is 5.05. The SMILES string of the molecule is CC1(C)CC1c1nc(CC(N)c2ccccc2)cs1. The van der Waals surface area contributed by atoms with Crippen LogP contribution < -0.4 is 5.73 Å². The molecule has 1 heterocycles. The van der Waals surface area contributed by atoms with E-state index in [1.807, 2.05) is 18.2 Å². The van der Waals surface area contributed by atoms with Gasteiger partial charge in [0.15, 0.2) is 0 Å². The number of benzene rings is 1. The molecule has 1 aliphatic carbocycles. The summed E-state index contributed by atoms with van der Waals surface area (Å²) in [5, 5.41) is 3.47. The summed E-state index contributed by atoms with van der Waals surface area (Å²) in [5.74, 6) is 0.666. The van der Waals surface area contributed by atoms with E-state index in [1.54, 1.807) is 11.3 Å². The molecule has 1 aliphatic rings. The number of hydrogen-bond donors (Lipinski definition) is 1. The molecule has 19 heavy (non-hydrogen) atoms. The quantitative estimate of drug-likeness (QED) is 0.916. The minimum atomic E-state index is 0.0448. The third kappa shape index (κ3) is 2.72. The molecule has 0 radical (unpaired) electrons. The first kappa shape index (κ1) is 12.8. The van der Waals surface area contributed by atoms with E-state index in [0.717, 1.165) is 12.1 Å². The van der Waals surface area contributed by atoms with Crippen molar-refractivity contribution < 1.29 is 0 Å². The first-order chi connectivity index (χ1) is 9.06. The van der Waals surface area contributed by atoms with Gasteiger partial charge in [0, 0.05) is 23.8 Å². The molecule has 3 heteroatoms. The van der Waals surface area contributed by atoms with Crippen LogP contribution in [0.25, 0.3) is 0 Å². The van der Waals surface area contributed by atoms with Crippen molar-refractivity contribution in [2.75, 3.05) is 0 Å². The first-order valence-corrected chi connectivity index (χ1v) is 7.69. The van der Waals surface area contributed by atoms with Crippen LogP contribution in [0.15, 0.2) is 35.7 Å². The molecule has 1 fully saturated rings. The molecule has 1 saturated carbocycles. The molecule has 2 N–H and O–H groups in total. The van der Waals surface area contributed by atoms with Crippen LogP contribution in [0.4, 0.5) is 0 Å². The summed E-state index contributed by atoms with van der Waals surface area (Å²) in [6.45, 7) is 4.63. The van der Waals surface area contributed by atoms with Gasteiger partial charge in [0.25, 0.3) is 0 Å². The van der Waals surface area contributed by atoms with E-state index >= 15 is 0 Å². The van der Waals surface area contributed by atoms with Gasteiger partial charge in [-0.15, -0.1) is 11.3 Å². The molecule has 2 unspecified atom stereocenters. The van der Waals surface area contributed by atoms with Crippen LogP contribution >= 0.6 is 11.3 Å². The molecule has 0 amide bonds. The van der Waals surface area contributed by atoms with E-state index in [0.29, 0.717) is 11.3 Å². The lowest BCUT2D eigenvalue weighted by Crippen LogP contribution is -2.13. The van der Waals surface area contributed by atoms with Crippen molar-refractivity contribution in [2.45, 2.75) is 38.6 Å². The Bertz CT molecular complexity index is 559. The van der Waals surface area contributed by atoms with Gasteiger partial charge in [-0.3, -0.25) is 0 Å². The Morgan fingerprint density at radius 2 is 2.05 bits per heavy atom. The fraction of sp³-hybridized carbons (Fsp3) is 0.438. The van der Waals surface area contributed by atoms with Gasteiger partial charge in [0.1, 0.15) is 0 Å². The topological polar surface area (TPSA) is 38.9 Å². The van der Waals surface area contributed by atoms with Crippen LogP contribution in [0.5, 0.6) is 0 Å². The second kappa shape index (κ2) is 4.73. The Kier molecular flexibility index (Phi) is 3.19. The van der Waals surface area contributed by atoms with Crippen LogP contribution in [0.3, 0.4) is 0 Å². The van der Waals surface area contributed by atoms with E-state index in [-0.39, 0.29) is 6.04 Å². The zero-order valence-electron chi connectivity index (χ0n) is 11.5. The second-order valence-corrected chi connectivity index (χ2v) is 7.03. The Morgan fingerprint density at radius 3 is 2.68 bits per heavy atom. The van der Waals surface area contributed by atoms with Crippen molar-refractivity contribution in [1.82, 2.24) is 4.98 Å². The van der Waals surface area contributed by atoms with E-state index in [2.05, 4.69) is 31.4 Å². The molecule has 0 spiro atoms. The van der Waals surface area contributed by atoms with E-state index in [1.165, 1.54) is 17.0 Å². The molecular formula is C16H20N2S. The highest BCUT2D eigenvalue weighted by Crippen LogP contribution is 2.59. The number of hydrogen-bond acceptors (Lipinski definition) is 3. The summed E-state index contributed by atoms with van der Waals surface area (Å²) in [6, 6.07) is 10.3. The second-order valence-electron chi connectivity index (χ2n) is 6.14. The number of nitrogens with zero attached hydrogens (tertiary/aromatic N) is 1. The number of thiazole rings is 1. The van der Waals surface area contributed by atoms with Crippen molar-refractivity contribution in [1.29, 1.82) is 0 Å². The lowest BCUT2D eigenvalue weighted by molar-refractivity contribution is 0.618. The lowest BCUT2D eigenvalue weighted by atomic mass is 10.0. The molecule has 0 saturated heterocycles. The van der Waals surface area contributed by atoms with Gasteiger partial charge in [-0.25, -0.2) is 4.98 Å². The van der Waals surface area contributed by atoms with E-state index in [9.17, 15) is 0 Å². The summed E-state index contributed by atoms with van der Waals surface area (Å²) in [5.41, 5.74) is 9.02. The van der Waals surface area contributed by atoms with Gasteiger partial charge < -0.3 is 5.73 Å². The monoisotopic (exact) mass is 272 g/mol. The van der Waals surface area contributed by atoms with Gasteiger partial charge in [-0.05, 0) is 17.4 Å². The number of rotatable bonds is 4. The summed E-state index contributed by atoms with van der Waals surface area (Å²) >= 11 is 1.79. The molecule has 100 valence electrons. The molecule has 0 bridgehead atoms. The standard InChI is InChI=1S/C16H20N2S/c1-16(2)9-13(16)15-18-12(10-19-15)8-14(17)11-6-4-3-5-7-11/h3-7,10,13-14H,8-9,17H2,1-2H3. The van der Waals surface area contributed by atoms with Crippen molar-refractivity contribution in [2.24, 2.45) is 11.1 Å². The third-order valence-electron chi connectivity index (χ3n) is 4.04. The molecule has 1 aromatic heterocycles. The highest BCUT2D eigenvalue weighted by atomic mass is 32.1. The van der Waals surface area contributed by atoms with Crippen LogP contribution in [-0.2, 0) is 6.42 Å². The molecule has 0 aliphatic heterocycles. The fourth-order valence-electron chi connectivity index (χ4n) is 2.51. The fourth-order valence-corrected chi connectivity index (χ4v) is 3.65. The molecule has 2 nitrogen and oxygen atoms in total. The van der Waals surface area contributed by atoms with Crippen molar-refractivity contribution in [3.8, 4) is 0 Å². The lowest BCUT2D eigenvalue weighted by Gasteiger charge is -2.09. The summed E-state index contributed by atoms with van der Waals surface area (Å²) in [6.07, 6.45) is 2.10. The Labute approximate surface area is 118 Å². The zero-order chi connectivity index (χ0) is 13.5. The van der Waals surface area contributed by atoms with Crippen molar-refractivity contribution >= 4 is 11.3 Å². The maximum Gasteiger partial charge on any atom is 0.0964 e. The smallest absolute Gasteiger partial charge is 0.0964 e. The molecule has 2 aromatic rings. The minimum Gasteiger partial charge on any atom is -0.324 e. The molecule has 1 aromatic carbocycles. The van der Waals surface area contributed by atoms with Gasteiger partial charge in [0.05, 0.1) is 10.7 Å². The Balaban J connectivity index is 1.68. The molecule has 2 atom stereocenters. The Morgan fingerprint density at radius 1 is 1.37 bits per heavy atom. The van der Waals surface area contributed by atoms with Gasteiger partial charge in [-0.2, -0.15) is 0 Å². The van der Waals surface area contributed by atoms with Gasteiger partial charge in [-0.1, -0.05) is 44.2 Å². The predicted octanol–water partition coefficient (Wildman–Crippen LogP) is 3.90. The molecular weight excluding hydrogens is 252 g/mol. The van der Waals surface area contributed by atoms with Crippen LogP contribution in [0.1, 0.15) is 48.5 Å². The van der Waals surface area contributed by atoms with E-state index < -0.39 is 0 Å². The summed E-state index contributed by atoms with van der Waals surface area (Å²) < 4.78 is 0. The predicted molar refractivity (Wildman–Crippen MR) is 80.3 cm³/mol. The van der Waals surface area contributed by atoms with Crippen LogP contribution in [0.2, 0.25) is 0 Å². The zero-order valence-corrected chi connectivity index (χ0v) is 12.3. The largest absolute Gasteiger partial charge is 0.324 e. The summed E-state index contributed by atoms with van der Waals surface area (Å²) in [7, 11) is 0. The van der Waals surface area contributed by atoms with Crippen molar-refractivity contribution in [3.05, 3.63) is 52.0 Å². The van der Waals surface area contributed by atoms with Crippen molar-refractivity contribution in [3.63, 3.8) is 0 Å². The minimum absolute atomic E-state index is 0.0448. The molecule has 3 rings (SSSR count). The average Bonchev–Trinajstić information content (AvgIpc) is 2.84. The summed E-state index contributed by atoms with van der Waals surface area (Å²) in [4.78, 5) is 4.77. The number of nitrogens with two attached hydrogens (primary N) is 1. The normalized spacial score (nSPS) is 22.2. The highest BCUT2D eigenvalue weighted by molar-refractivity contribution is 7.09. The maximum absolute atomic E-state index is 6.25. The first-order valence-electron chi connectivity index (χ1n) is 6.81. The van der Waals surface area contributed by atoms with Crippen LogP contribution in [-0.4, -0.2) is 4.98 Å². The highest BCUT2D eigenvalue weighted by Gasteiger charge is 2.48. The van der Waals surface area contributed by atoms with Gasteiger partial charge in [0.2, 0.25) is 0 Å². The number of aromatic nitrogens is 1. The maximum atomic E-state index is 6.25. The van der Waals surface area contributed by atoms with Crippen LogP contribution in [0, 0.1) is 5.41 Å². The average molecular weight is 272 g/mol.